The summed E-state index contributed by atoms with van der Waals surface area (Å²) in [6, 6.07) is 5.71. The Bertz CT molecular complexity index is 807. The summed E-state index contributed by atoms with van der Waals surface area (Å²) in [6.45, 7) is 1.09. The van der Waals surface area contributed by atoms with Crippen LogP contribution in [0, 0.1) is 17.0 Å². The van der Waals surface area contributed by atoms with Crippen LogP contribution in [0.25, 0.3) is 0 Å². The number of nitro benzene ring substituents is 1. The standard InChI is InChI=1S/C16H15N3O6/c1-10-6-13(19(22)23)14(24-2)7-12(10)18-15(20)9-25-16(21)11-4-3-5-17-8-11/h3-8H,9H2,1-2H3,(H,18,20). The maximum Gasteiger partial charge on any atom is 0.340 e. The number of aromatic nitrogens is 1. The van der Waals surface area contributed by atoms with Gasteiger partial charge in [-0.05, 0) is 24.6 Å². The van der Waals surface area contributed by atoms with Gasteiger partial charge in [-0.2, -0.15) is 0 Å². The number of hydrogen-bond acceptors (Lipinski definition) is 7. The van der Waals surface area contributed by atoms with Crippen LogP contribution in [0.1, 0.15) is 15.9 Å². The number of rotatable bonds is 6. The van der Waals surface area contributed by atoms with Crippen LogP contribution < -0.4 is 10.1 Å². The minimum absolute atomic E-state index is 0.0123. The number of esters is 1. The number of nitrogens with one attached hydrogen (secondary N) is 1. The van der Waals surface area contributed by atoms with E-state index in [1.807, 2.05) is 0 Å². The quantitative estimate of drug-likeness (QED) is 0.483. The number of pyridine rings is 1. The first-order valence-electron chi connectivity index (χ1n) is 7.12. The third-order valence-electron chi connectivity index (χ3n) is 3.23. The number of nitrogens with zero attached hydrogens (tertiary/aromatic N) is 2. The topological polar surface area (TPSA) is 121 Å². The molecule has 0 spiro atoms. The van der Waals surface area contributed by atoms with E-state index in [1.165, 1.54) is 37.7 Å². The molecule has 0 unspecified atom stereocenters. The number of benzene rings is 1. The summed E-state index contributed by atoms with van der Waals surface area (Å²) in [5.74, 6) is -1.25. The highest BCUT2D eigenvalue weighted by molar-refractivity contribution is 5.96. The van der Waals surface area contributed by atoms with E-state index >= 15 is 0 Å². The molecule has 1 amide bonds. The van der Waals surface area contributed by atoms with Gasteiger partial charge in [-0.15, -0.1) is 0 Å². The average molecular weight is 345 g/mol. The lowest BCUT2D eigenvalue weighted by molar-refractivity contribution is -0.385. The number of anilines is 1. The normalized spacial score (nSPS) is 10.0. The molecule has 0 bridgehead atoms. The van der Waals surface area contributed by atoms with Crippen molar-refractivity contribution in [2.45, 2.75) is 6.92 Å². The lowest BCUT2D eigenvalue weighted by atomic mass is 10.1. The van der Waals surface area contributed by atoms with E-state index in [-0.39, 0.29) is 17.0 Å². The van der Waals surface area contributed by atoms with Crippen LogP contribution >= 0.6 is 0 Å². The van der Waals surface area contributed by atoms with Crippen molar-refractivity contribution in [1.82, 2.24) is 4.98 Å². The molecule has 0 aliphatic rings. The first-order chi connectivity index (χ1) is 11.9. The molecule has 0 aliphatic heterocycles. The first-order valence-corrected chi connectivity index (χ1v) is 7.12. The Balaban J connectivity index is 2.03. The molecule has 0 fully saturated rings. The molecule has 1 aromatic heterocycles. The number of nitro groups is 1. The molecule has 9 heteroatoms. The van der Waals surface area contributed by atoms with Gasteiger partial charge in [0.2, 0.25) is 0 Å². The Morgan fingerprint density at radius 1 is 1.36 bits per heavy atom. The highest BCUT2D eigenvalue weighted by Gasteiger charge is 2.19. The van der Waals surface area contributed by atoms with Crippen molar-refractivity contribution in [3.05, 3.63) is 57.9 Å². The van der Waals surface area contributed by atoms with Crippen molar-refractivity contribution in [2.24, 2.45) is 0 Å². The maximum atomic E-state index is 11.9. The average Bonchev–Trinajstić information content (AvgIpc) is 2.61. The van der Waals surface area contributed by atoms with Crippen LogP contribution in [0.4, 0.5) is 11.4 Å². The fourth-order valence-electron chi connectivity index (χ4n) is 2.00. The van der Waals surface area contributed by atoms with Crippen molar-refractivity contribution in [2.75, 3.05) is 19.0 Å². The van der Waals surface area contributed by atoms with Crippen molar-refractivity contribution in [1.29, 1.82) is 0 Å². The molecule has 0 atom stereocenters. The van der Waals surface area contributed by atoms with Crippen LogP contribution in [0.15, 0.2) is 36.7 Å². The molecule has 1 heterocycles. The summed E-state index contributed by atoms with van der Waals surface area (Å²) in [6.07, 6.45) is 2.83. The van der Waals surface area contributed by atoms with Crippen LogP contribution in [-0.4, -0.2) is 35.5 Å². The number of carbonyl (C=O) groups excluding carboxylic acids is 2. The van der Waals surface area contributed by atoms with Gasteiger partial charge in [0.1, 0.15) is 0 Å². The van der Waals surface area contributed by atoms with Gasteiger partial charge in [0.15, 0.2) is 12.4 Å². The zero-order valence-corrected chi connectivity index (χ0v) is 13.5. The molecule has 0 radical (unpaired) electrons. The highest BCUT2D eigenvalue weighted by atomic mass is 16.6. The zero-order chi connectivity index (χ0) is 18.4. The van der Waals surface area contributed by atoms with E-state index in [0.717, 1.165) is 0 Å². The molecule has 25 heavy (non-hydrogen) atoms. The van der Waals surface area contributed by atoms with Crippen molar-refractivity contribution in [3.63, 3.8) is 0 Å². The largest absolute Gasteiger partial charge is 0.490 e. The lowest BCUT2D eigenvalue weighted by Crippen LogP contribution is -2.21. The minimum atomic E-state index is -0.679. The summed E-state index contributed by atoms with van der Waals surface area (Å²) >= 11 is 0. The first kappa shape index (κ1) is 17.9. The van der Waals surface area contributed by atoms with Crippen LogP contribution in [-0.2, 0) is 9.53 Å². The Hall–Kier alpha value is -3.49. The van der Waals surface area contributed by atoms with Gasteiger partial charge in [-0.1, -0.05) is 0 Å². The molecule has 0 saturated heterocycles. The fourth-order valence-corrected chi connectivity index (χ4v) is 2.00. The third kappa shape index (κ3) is 4.50. The van der Waals surface area contributed by atoms with Crippen molar-refractivity contribution < 1.29 is 24.0 Å². The van der Waals surface area contributed by atoms with E-state index in [1.54, 1.807) is 13.0 Å². The molecule has 9 nitrogen and oxygen atoms in total. The summed E-state index contributed by atoms with van der Waals surface area (Å²) in [5, 5.41) is 13.5. The highest BCUT2D eigenvalue weighted by Crippen LogP contribution is 2.32. The Labute approximate surface area is 142 Å². The number of hydrogen-bond donors (Lipinski definition) is 1. The van der Waals surface area contributed by atoms with Gasteiger partial charge < -0.3 is 14.8 Å². The zero-order valence-electron chi connectivity index (χ0n) is 13.5. The van der Waals surface area contributed by atoms with E-state index in [4.69, 9.17) is 9.47 Å². The molecular weight excluding hydrogens is 330 g/mol. The van der Waals surface area contributed by atoms with E-state index < -0.39 is 23.4 Å². The maximum absolute atomic E-state index is 11.9. The smallest absolute Gasteiger partial charge is 0.340 e. The molecule has 2 aromatic rings. The number of ether oxygens (including phenoxy) is 2. The van der Waals surface area contributed by atoms with Gasteiger partial charge in [-0.3, -0.25) is 19.9 Å². The second-order valence-corrected chi connectivity index (χ2v) is 4.96. The van der Waals surface area contributed by atoms with Gasteiger partial charge in [0.25, 0.3) is 5.91 Å². The summed E-state index contributed by atoms with van der Waals surface area (Å²) in [4.78, 5) is 37.9. The Morgan fingerprint density at radius 2 is 2.12 bits per heavy atom. The Morgan fingerprint density at radius 3 is 2.72 bits per heavy atom. The molecule has 0 saturated carbocycles. The third-order valence-corrected chi connectivity index (χ3v) is 3.23. The molecule has 2 rings (SSSR count). The number of methoxy groups -OCH3 is 1. The lowest BCUT2D eigenvalue weighted by Gasteiger charge is -2.11. The van der Waals surface area contributed by atoms with Gasteiger partial charge >= 0.3 is 11.7 Å². The van der Waals surface area contributed by atoms with Crippen molar-refractivity contribution >= 4 is 23.3 Å². The molecule has 130 valence electrons. The van der Waals surface area contributed by atoms with Gasteiger partial charge in [0.05, 0.1) is 17.6 Å². The molecule has 0 aliphatic carbocycles. The minimum Gasteiger partial charge on any atom is -0.490 e. The van der Waals surface area contributed by atoms with Gasteiger partial charge in [0, 0.05) is 30.2 Å². The SMILES string of the molecule is COc1cc(NC(=O)COC(=O)c2cccnc2)c(C)cc1[N+](=O)[O-]. The summed E-state index contributed by atoms with van der Waals surface area (Å²) < 4.78 is 9.84. The second-order valence-electron chi connectivity index (χ2n) is 4.96. The van der Waals surface area contributed by atoms with E-state index in [2.05, 4.69) is 10.3 Å². The predicted molar refractivity (Wildman–Crippen MR) is 87.5 cm³/mol. The monoisotopic (exact) mass is 345 g/mol. The molecule has 1 N–H and O–H groups in total. The number of carbonyl (C=O) groups is 2. The molecule has 1 aromatic carbocycles. The van der Waals surface area contributed by atoms with E-state index in [0.29, 0.717) is 11.3 Å². The van der Waals surface area contributed by atoms with Gasteiger partial charge in [-0.25, -0.2) is 4.79 Å². The number of aryl methyl sites for hydroxylation is 1. The number of amides is 1. The van der Waals surface area contributed by atoms with Crippen LogP contribution in [0.5, 0.6) is 5.75 Å². The van der Waals surface area contributed by atoms with Crippen LogP contribution in [0.2, 0.25) is 0 Å². The summed E-state index contributed by atoms with van der Waals surface area (Å²) in [7, 11) is 1.29. The Kier molecular flexibility index (Phi) is 5.62. The fraction of sp³-hybridized carbons (Fsp3) is 0.188. The van der Waals surface area contributed by atoms with E-state index in [9.17, 15) is 19.7 Å². The summed E-state index contributed by atoms with van der Waals surface area (Å²) in [5.41, 5.74) is 0.814. The predicted octanol–water partition coefficient (Wildman–Crippen LogP) is 2.10. The second kappa shape index (κ2) is 7.86. The van der Waals surface area contributed by atoms with Crippen LogP contribution in [0.3, 0.4) is 0 Å². The molecular formula is C16H15N3O6. The van der Waals surface area contributed by atoms with Crippen molar-refractivity contribution in [3.8, 4) is 5.75 Å².